The Hall–Kier alpha value is -0.0800. The Morgan fingerprint density at radius 3 is 2.77 bits per heavy atom. The van der Waals surface area contributed by atoms with Gasteiger partial charge in [0.2, 0.25) is 0 Å². The monoisotopic (exact) mass is 185 g/mol. The van der Waals surface area contributed by atoms with Crippen molar-refractivity contribution >= 4 is 0 Å². The molecule has 1 heterocycles. The van der Waals surface area contributed by atoms with E-state index in [-0.39, 0.29) is 0 Å². The second-order valence-corrected chi connectivity index (χ2v) is 3.87. The van der Waals surface area contributed by atoms with Crippen molar-refractivity contribution in [3.63, 3.8) is 0 Å². The number of rotatable bonds is 5. The lowest BCUT2D eigenvalue weighted by Crippen LogP contribution is -2.42. The van der Waals surface area contributed by atoms with Gasteiger partial charge in [-0.05, 0) is 38.6 Å². The minimum Gasteiger partial charge on any atom is -0.377 e. The molecule has 1 rings (SSSR count). The summed E-state index contributed by atoms with van der Waals surface area (Å²) in [6.07, 6.45) is 6.71. The van der Waals surface area contributed by atoms with Crippen molar-refractivity contribution in [1.29, 1.82) is 0 Å². The molecule has 2 unspecified atom stereocenters. The second kappa shape index (κ2) is 6.39. The van der Waals surface area contributed by atoms with Crippen LogP contribution in [-0.4, -0.2) is 25.3 Å². The van der Waals surface area contributed by atoms with Crippen molar-refractivity contribution in [3.8, 4) is 0 Å². The molecule has 1 saturated heterocycles. The highest BCUT2D eigenvalue weighted by atomic mass is 16.5. The van der Waals surface area contributed by atoms with Crippen LogP contribution in [0.3, 0.4) is 0 Å². The minimum atomic E-state index is 0.477. The van der Waals surface area contributed by atoms with Gasteiger partial charge in [-0.15, -0.1) is 0 Å². The molecular formula is C11H23NO. The quantitative estimate of drug-likeness (QED) is 0.710. The lowest BCUT2D eigenvalue weighted by Gasteiger charge is -2.30. The number of ether oxygens (including phenoxy) is 1. The molecule has 0 saturated carbocycles. The third-order valence-electron chi connectivity index (χ3n) is 2.76. The van der Waals surface area contributed by atoms with Gasteiger partial charge >= 0.3 is 0 Å². The van der Waals surface area contributed by atoms with E-state index in [0.29, 0.717) is 12.1 Å². The van der Waals surface area contributed by atoms with Crippen LogP contribution in [0.1, 0.15) is 46.0 Å². The SMILES string of the molecule is CCCNC(CC)C1CCCCO1. The van der Waals surface area contributed by atoms with E-state index in [0.717, 1.165) is 13.2 Å². The fourth-order valence-electron chi connectivity index (χ4n) is 1.95. The minimum absolute atomic E-state index is 0.477. The molecule has 0 aromatic carbocycles. The summed E-state index contributed by atoms with van der Waals surface area (Å²) in [6.45, 7) is 6.54. The molecule has 2 heteroatoms. The summed E-state index contributed by atoms with van der Waals surface area (Å²) in [6, 6.07) is 0.584. The predicted octanol–water partition coefficient (Wildman–Crippen LogP) is 2.33. The first kappa shape index (κ1) is 11.0. The van der Waals surface area contributed by atoms with Crippen molar-refractivity contribution in [3.05, 3.63) is 0 Å². The zero-order chi connectivity index (χ0) is 9.52. The molecular weight excluding hydrogens is 162 g/mol. The van der Waals surface area contributed by atoms with Crippen LogP contribution in [-0.2, 0) is 4.74 Å². The van der Waals surface area contributed by atoms with E-state index in [1.54, 1.807) is 0 Å². The van der Waals surface area contributed by atoms with Gasteiger partial charge in [0, 0.05) is 12.6 Å². The van der Waals surface area contributed by atoms with Gasteiger partial charge in [-0.3, -0.25) is 0 Å². The van der Waals surface area contributed by atoms with E-state index < -0.39 is 0 Å². The zero-order valence-corrected chi connectivity index (χ0v) is 9.01. The van der Waals surface area contributed by atoms with Crippen LogP contribution in [0.15, 0.2) is 0 Å². The lowest BCUT2D eigenvalue weighted by molar-refractivity contribution is -0.00820. The molecule has 1 aliphatic rings. The largest absolute Gasteiger partial charge is 0.377 e. The van der Waals surface area contributed by atoms with Crippen molar-refractivity contribution in [1.82, 2.24) is 5.32 Å². The Bertz CT molecular complexity index is 121. The maximum Gasteiger partial charge on any atom is 0.0727 e. The summed E-state index contributed by atoms with van der Waals surface area (Å²) >= 11 is 0. The van der Waals surface area contributed by atoms with E-state index in [4.69, 9.17) is 4.74 Å². The summed E-state index contributed by atoms with van der Waals surface area (Å²) in [5.41, 5.74) is 0. The lowest BCUT2D eigenvalue weighted by atomic mass is 10.00. The molecule has 0 aromatic heterocycles. The van der Waals surface area contributed by atoms with E-state index in [1.807, 2.05) is 0 Å². The number of hydrogen-bond donors (Lipinski definition) is 1. The number of nitrogens with one attached hydrogen (secondary N) is 1. The van der Waals surface area contributed by atoms with Crippen LogP contribution in [0.2, 0.25) is 0 Å². The van der Waals surface area contributed by atoms with Crippen LogP contribution >= 0.6 is 0 Å². The van der Waals surface area contributed by atoms with Gasteiger partial charge in [-0.25, -0.2) is 0 Å². The summed E-state index contributed by atoms with van der Waals surface area (Å²) in [7, 11) is 0. The van der Waals surface area contributed by atoms with Gasteiger partial charge in [-0.2, -0.15) is 0 Å². The first-order chi connectivity index (χ1) is 6.38. The van der Waals surface area contributed by atoms with Crippen LogP contribution in [0.4, 0.5) is 0 Å². The van der Waals surface area contributed by atoms with Crippen molar-refractivity contribution in [2.24, 2.45) is 0 Å². The van der Waals surface area contributed by atoms with E-state index >= 15 is 0 Å². The van der Waals surface area contributed by atoms with Gasteiger partial charge in [0.25, 0.3) is 0 Å². The fraction of sp³-hybridized carbons (Fsp3) is 1.00. The van der Waals surface area contributed by atoms with Gasteiger partial charge in [0.1, 0.15) is 0 Å². The summed E-state index contributed by atoms with van der Waals surface area (Å²) < 4.78 is 5.77. The molecule has 1 N–H and O–H groups in total. The van der Waals surface area contributed by atoms with Crippen LogP contribution in [0, 0.1) is 0 Å². The fourth-order valence-corrected chi connectivity index (χ4v) is 1.95. The molecule has 0 aromatic rings. The Balaban J connectivity index is 2.26. The zero-order valence-electron chi connectivity index (χ0n) is 9.01. The molecule has 0 amide bonds. The molecule has 2 nitrogen and oxygen atoms in total. The average molecular weight is 185 g/mol. The highest BCUT2D eigenvalue weighted by Crippen LogP contribution is 2.17. The second-order valence-electron chi connectivity index (χ2n) is 3.87. The van der Waals surface area contributed by atoms with Gasteiger partial charge in [-0.1, -0.05) is 13.8 Å². The smallest absolute Gasteiger partial charge is 0.0727 e. The van der Waals surface area contributed by atoms with E-state index in [1.165, 1.54) is 32.1 Å². The van der Waals surface area contributed by atoms with Gasteiger partial charge in [0.05, 0.1) is 6.10 Å². The topological polar surface area (TPSA) is 21.3 Å². The Morgan fingerprint density at radius 2 is 2.23 bits per heavy atom. The van der Waals surface area contributed by atoms with E-state index in [2.05, 4.69) is 19.2 Å². The molecule has 1 aliphatic heterocycles. The van der Waals surface area contributed by atoms with Crippen molar-refractivity contribution < 1.29 is 4.74 Å². The number of hydrogen-bond acceptors (Lipinski definition) is 2. The molecule has 0 spiro atoms. The maximum absolute atomic E-state index is 5.77. The molecule has 0 aliphatic carbocycles. The molecule has 0 bridgehead atoms. The highest BCUT2D eigenvalue weighted by molar-refractivity contribution is 4.77. The highest BCUT2D eigenvalue weighted by Gasteiger charge is 2.21. The Labute approximate surface area is 82.0 Å². The Morgan fingerprint density at radius 1 is 1.38 bits per heavy atom. The molecule has 1 fully saturated rings. The van der Waals surface area contributed by atoms with Crippen molar-refractivity contribution in [2.45, 2.75) is 58.1 Å². The third-order valence-corrected chi connectivity index (χ3v) is 2.76. The first-order valence-electron chi connectivity index (χ1n) is 5.73. The van der Waals surface area contributed by atoms with Gasteiger partial charge < -0.3 is 10.1 Å². The molecule has 13 heavy (non-hydrogen) atoms. The van der Waals surface area contributed by atoms with Gasteiger partial charge in [0.15, 0.2) is 0 Å². The van der Waals surface area contributed by atoms with Crippen LogP contribution in [0.25, 0.3) is 0 Å². The average Bonchev–Trinajstić information content (AvgIpc) is 2.21. The molecule has 2 atom stereocenters. The summed E-state index contributed by atoms with van der Waals surface area (Å²) in [5.74, 6) is 0. The normalized spacial score (nSPS) is 25.8. The summed E-state index contributed by atoms with van der Waals surface area (Å²) in [4.78, 5) is 0. The standard InChI is InChI=1S/C11H23NO/c1-3-8-12-10(4-2)11-7-5-6-9-13-11/h10-12H,3-9H2,1-2H3. The van der Waals surface area contributed by atoms with E-state index in [9.17, 15) is 0 Å². The summed E-state index contributed by atoms with van der Waals surface area (Å²) in [5, 5.41) is 3.56. The Kier molecular flexibility index (Phi) is 5.40. The first-order valence-corrected chi connectivity index (χ1v) is 5.73. The third kappa shape index (κ3) is 3.65. The molecule has 78 valence electrons. The maximum atomic E-state index is 5.77. The van der Waals surface area contributed by atoms with Crippen LogP contribution < -0.4 is 5.32 Å². The predicted molar refractivity (Wildman–Crippen MR) is 56.0 cm³/mol. The van der Waals surface area contributed by atoms with Crippen LogP contribution in [0.5, 0.6) is 0 Å². The van der Waals surface area contributed by atoms with Crippen molar-refractivity contribution in [2.75, 3.05) is 13.2 Å². The molecule has 0 radical (unpaired) electrons.